The van der Waals surface area contributed by atoms with Crippen LogP contribution in [-0.4, -0.2) is 13.2 Å². The van der Waals surface area contributed by atoms with Gasteiger partial charge in [-0.15, -0.1) is 0 Å². The Hall–Kier alpha value is -2.62. The van der Waals surface area contributed by atoms with E-state index in [0.717, 1.165) is 11.1 Å². The average Bonchev–Trinajstić information content (AvgIpc) is 2.61. The predicted molar refractivity (Wildman–Crippen MR) is 97.4 cm³/mol. The van der Waals surface area contributed by atoms with Crippen molar-refractivity contribution in [2.75, 3.05) is 13.2 Å². The Bertz CT molecular complexity index is 649. The van der Waals surface area contributed by atoms with E-state index in [1.807, 2.05) is 0 Å². The molecule has 0 aliphatic rings. The minimum atomic E-state index is 0.594. The number of hydrogen-bond donors (Lipinski definition) is 0. The van der Waals surface area contributed by atoms with Gasteiger partial charge in [0.05, 0.1) is 26.4 Å². The van der Waals surface area contributed by atoms with Gasteiger partial charge in [-0.25, -0.2) is 0 Å². The first-order valence-electron chi connectivity index (χ1n) is 7.89. The van der Waals surface area contributed by atoms with Crippen molar-refractivity contribution in [2.45, 2.75) is 39.9 Å². The molecule has 2 heteroatoms. The van der Waals surface area contributed by atoms with Crippen LogP contribution in [0.5, 0.6) is 0 Å². The molecule has 0 bridgehead atoms. The minimum Gasteiger partial charge on any atom is -0.376 e. The van der Waals surface area contributed by atoms with Gasteiger partial charge in [-0.05, 0) is 48.7 Å². The third-order valence-corrected chi connectivity index (χ3v) is 2.86. The van der Waals surface area contributed by atoms with Crippen molar-refractivity contribution in [2.24, 2.45) is 0 Å². The molecule has 0 heterocycles. The molecule has 0 aliphatic heterocycles. The highest BCUT2D eigenvalue weighted by Crippen LogP contribution is 2.07. The topological polar surface area (TPSA) is 18.5 Å². The second kappa shape index (κ2) is 14.0. The standard InChI is InChI=1S/C22H22O2/c1-3-5-7-9-11-17-23-19-21-13-15-22(16-14-21)20-24-18-12-10-8-6-4-2/h13-16H,11-12,17-20H2,1-2H3. The molecule has 0 unspecified atom stereocenters. The van der Waals surface area contributed by atoms with Crippen molar-refractivity contribution in [3.63, 3.8) is 0 Å². The third kappa shape index (κ3) is 10.2. The van der Waals surface area contributed by atoms with Crippen LogP contribution >= 0.6 is 0 Å². The normalized spacial score (nSPS) is 8.42. The summed E-state index contributed by atoms with van der Waals surface area (Å²) in [6.07, 6.45) is 1.40. The van der Waals surface area contributed by atoms with Crippen molar-refractivity contribution in [1.29, 1.82) is 0 Å². The van der Waals surface area contributed by atoms with Crippen LogP contribution in [0.15, 0.2) is 24.3 Å². The molecule has 0 aromatic heterocycles. The largest absolute Gasteiger partial charge is 0.376 e. The van der Waals surface area contributed by atoms with Crippen molar-refractivity contribution >= 4 is 0 Å². The molecule has 1 aromatic carbocycles. The van der Waals surface area contributed by atoms with Crippen LogP contribution in [0.2, 0.25) is 0 Å². The SMILES string of the molecule is CC#CC#CCCOCc1ccc(COCCC#CC#CC)cc1. The van der Waals surface area contributed by atoms with Gasteiger partial charge in [-0.1, -0.05) is 47.9 Å². The summed E-state index contributed by atoms with van der Waals surface area (Å²) in [6, 6.07) is 8.24. The van der Waals surface area contributed by atoms with E-state index >= 15 is 0 Å². The van der Waals surface area contributed by atoms with E-state index < -0.39 is 0 Å². The Kier molecular flexibility index (Phi) is 11.3. The molecule has 0 saturated heterocycles. The van der Waals surface area contributed by atoms with Crippen molar-refractivity contribution in [3.8, 4) is 47.4 Å². The summed E-state index contributed by atoms with van der Waals surface area (Å²) in [5, 5.41) is 0. The first kappa shape index (κ1) is 19.4. The van der Waals surface area contributed by atoms with Gasteiger partial charge in [-0.3, -0.25) is 0 Å². The molecule has 0 aliphatic carbocycles. The predicted octanol–water partition coefficient (Wildman–Crippen LogP) is 3.55. The number of hydrogen-bond acceptors (Lipinski definition) is 2. The van der Waals surface area contributed by atoms with E-state index in [4.69, 9.17) is 9.47 Å². The maximum absolute atomic E-state index is 5.58. The van der Waals surface area contributed by atoms with Crippen molar-refractivity contribution in [1.82, 2.24) is 0 Å². The van der Waals surface area contributed by atoms with Gasteiger partial charge in [0.25, 0.3) is 0 Å². The Morgan fingerprint density at radius 3 is 1.46 bits per heavy atom. The molecule has 0 N–H and O–H groups in total. The molecule has 0 fully saturated rings. The van der Waals surface area contributed by atoms with Gasteiger partial charge in [0.2, 0.25) is 0 Å². The van der Waals surface area contributed by atoms with Gasteiger partial charge in [0, 0.05) is 12.8 Å². The van der Waals surface area contributed by atoms with Gasteiger partial charge in [-0.2, -0.15) is 0 Å². The summed E-state index contributed by atoms with van der Waals surface area (Å²) >= 11 is 0. The summed E-state index contributed by atoms with van der Waals surface area (Å²) in [4.78, 5) is 0. The van der Waals surface area contributed by atoms with Crippen LogP contribution in [0.25, 0.3) is 0 Å². The number of rotatable bonds is 8. The molecule has 0 atom stereocenters. The Labute approximate surface area is 145 Å². The van der Waals surface area contributed by atoms with E-state index in [9.17, 15) is 0 Å². The van der Waals surface area contributed by atoms with E-state index in [0.29, 0.717) is 39.3 Å². The second-order valence-electron chi connectivity index (χ2n) is 4.78. The molecule has 0 spiro atoms. The highest BCUT2D eigenvalue weighted by Gasteiger charge is 1.96. The lowest BCUT2D eigenvalue weighted by Crippen LogP contribution is -1.97. The first-order valence-corrected chi connectivity index (χ1v) is 7.89. The Balaban J connectivity index is 2.18. The summed E-state index contributed by atoms with van der Waals surface area (Å²) < 4.78 is 11.2. The quantitative estimate of drug-likeness (QED) is 0.539. The minimum absolute atomic E-state index is 0.594. The summed E-state index contributed by atoms with van der Waals surface area (Å²) in [7, 11) is 0. The maximum atomic E-state index is 5.58. The van der Waals surface area contributed by atoms with Crippen LogP contribution in [-0.2, 0) is 22.7 Å². The first-order chi connectivity index (χ1) is 11.9. The molecule has 0 saturated carbocycles. The van der Waals surface area contributed by atoms with Gasteiger partial charge >= 0.3 is 0 Å². The molecular weight excluding hydrogens is 296 g/mol. The second-order valence-corrected chi connectivity index (χ2v) is 4.78. The fourth-order valence-corrected chi connectivity index (χ4v) is 1.70. The highest BCUT2D eigenvalue weighted by atomic mass is 16.5. The molecule has 2 nitrogen and oxygen atoms in total. The molecular formula is C22H22O2. The lowest BCUT2D eigenvalue weighted by Gasteiger charge is -2.05. The molecule has 1 rings (SSSR count). The van der Waals surface area contributed by atoms with E-state index in [-0.39, 0.29) is 0 Å². The molecule has 24 heavy (non-hydrogen) atoms. The summed E-state index contributed by atoms with van der Waals surface area (Å²) in [5.74, 6) is 22.3. The smallest absolute Gasteiger partial charge is 0.0717 e. The zero-order valence-corrected chi connectivity index (χ0v) is 14.4. The number of ether oxygens (including phenoxy) is 2. The lowest BCUT2D eigenvalue weighted by molar-refractivity contribution is 0.124. The number of benzene rings is 1. The highest BCUT2D eigenvalue weighted by molar-refractivity contribution is 5.25. The Morgan fingerprint density at radius 2 is 1.08 bits per heavy atom. The van der Waals surface area contributed by atoms with Gasteiger partial charge in [0.1, 0.15) is 0 Å². The van der Waals surface area contributed by atoms with E-state index in [1.54, 1.807) is 13.8 Å². The van der Waals surface area contributed by atoms with Gasteiger partial charge < -0.3 is 9.47 Å². The van der Waals surface area contributed by atoms with E-state index in [1.165, 1.54) is 0 Å². The van der Waals surface area contributed by atoms with Crippen LogP contribution in [0.3, 0.4) is 0 Å². The zero-order valence-electron chi connectivity index (χ0n) is 14.4. The van der Waals surface area contributed by atoms with Crippen LogP contribution < -0.4 is 0 Å². The lowest BCUT2D eigenvalue weighted by atomic mass is 10.1. The van der Waals surface area contributed by atoms with Crippen LogP contribution in [0.1, 0.15) is 37.8 Å². The molecule has 122 valence electrons. The average molecular weight is 318 g/mol. The summed E-state index contributed by atoms with van der Waals surface area (Å²) in [6.45, 7) is 5.97. The molecule has 1 aromatic rings. The fraction of sp³-hybridized carbons (Fsp3) is 0.364. The summed E-state index contributed by atoms with van der Waals surface area (Å²) in [5.41, 5.74) is 2.29. The van der Waals surface area contributed by atoms with Crippen molar-refractivity contribution < 1.29 is 9.47 Å². The van der Waals surface area contributed by atoms with Crippen LogP contribution in [0.4, 0.5) is 0 Å². The monoisotopic (exact) mass is 318 g/mol. The third-order valence-electron chi connectivity index (χ3n) is 2.86. The Morgan fingerprint density at radius 1 is 0.667 bits per heavy atom. The van der Waals surface area contributed by atoms with Crippen LogP contribution in [0, 0.1) is 47.4 Å². The molecule has 0 amide bonds. The van der Waals surface area contributed by atoms with E-state index in [2.05, 4.69) is 71.6 Å². The maximum Gasteiger partial charge on any atom is 0.0717 e. The fourth-order valence-electron chi connectivity index (χ4n) is 1.70. The molecule has 0 radical (unpaired) electrons. The zero-order chi connectivity index (χ0) is 17.3. The van der Waals surface area contributed by atoms with Gasteiger partial charge in [0.15, 0.2) is 0 Å². The van der Waals surface area contributed by atoms with Crippen molar-refractivity contribution in [3.05, 3.63) is 35.4 Å².